The van der Waals surface area contributed by atoms with Gasteiger partial charge in [-0.05, 0) is 61.1 Å². The summed E-state index contributed by atoms with van der Waals surface area (Å²) in [5.74, 6) is -0.0713. The molecule has 4 nitrogen and oxygen atoms in total. The number of para-hydroxylation sites is 1. The van der Waals surface area contributed by atoms with Crippen LogP contribution in [0.4, 0.5) is 4.39 Å². The summed E-state index contributed by atoms with van der Waals surface area (Å²) >= 11 is 0. The lowest BCUT2D eigenvalue weighted by atomic mass is 9.90. The maximum absolute atomic E-state index is 13.3. The number of halogens is 1. The van der Waals surface area contributed by atoms with Crippen molar-refractivity contribution in [2.45, 2.75) is 30.6 Å². The predicted molar refractivity (Wildman–Crippen MR) is 105 cm³/mol. The summed E-state index contributed by atoms with van der Waals surface area (Å²) in [6.45, 7) is 2.60. The van der Waals surface area contributed by atoms with Crippen molar-refractivity contribution in [1.82, 2.24) is 8.87 Å². The van der Waals surface area contributed by atoms with Crippen LogP contribution in [0.3, 0.4) is 0 Å². The van der Waals surface area contributed by atoms with Gasteiger partial charge < -0.3 is 4.57 Å². The molecule has 0 saturated carbocycles. The maximum atomic E-state index is 13.3. The van der Waals surface area contributed by atoms with Crippen molar-refractivity contribution >= 4 is 20.9 Å². The summed E-state index contributed by atoms with van der Waals surface area (Å²) in [5, 5.41) is 1.25. The molecule has 1 fully saturated rings. The number of hydrogen-bond acceptors (Lipinski definition) is 2. The van der Waals surface area contributed by atoms with E-state index < -0.39 is 15.8 Å². The normalized spacial score (nSPS) is 16.9. The molecule has 3 aromatic rings. The third-order valence-electron chi connectivity index (χ3n) is 5.58. The molecule has 27 heavy (non-hydrogen) atoms. The van der Waals surface area contributed by atoms with E-state index >= 15 is 0 Å². The zero-order valence-electron chi connectivity index (χ0n) is 15.5. The number of nitrogens with zero attached hydrogens (tertiary/aromatic N) is 2. The molecule has 0 spiro atoms. The van der Waals surface area contributed by atoms with Crippen LogP contribution in [0.5, 0.6) is 0 Å². The van der Waals surface area contributed by atoms with Crippen molar-refractivity contribution in [2.75, 3.05) is 13.1 Å². The highest BCUT2D eigenvalue weighted by Crippen LogP contribution is 2.35. The lowest BCUT2D eigenvalue weighted by molar-refractivity contribution is 0.320. The first kappa shape index (κ1) is 18.2. The Morgan fingerprint density at radius 1 is 1.07 bits per heavy atom. The van der Waals surface area contributed by atoms with Crippen molar-refractivity contribution < 1.29 is 12.8 Å². The average Bonchev–Trinajstić information content (AvgIpc) is 2.99. The van der Waals surface area contributed by atoms with Gasteiger partial charge in [0, 0.05) is 37.2 Å². The van der Waals surface area contributed by atoms with Gasteiger partial charge in [-0.25, -0.2) is 12.8 Å². The van der Waals surface area contributed by atoms with Gasteiger partial charge in [-0.15, -0.1) is 0 Å². The molecular weight excluding hydrogens is 363 g/mol. The summed E-state index contributed by atoms with van der Waals surface area (Å²) in [6.07, 6.45) is 3.74. The van der Waals surface area contributed by atoms with Crippen molar-refractivity contribution in [2.24, 2.45) is 7.05 Å². The van der Waals surface area contributed by atoms with E-state index in [1.807, 2.05) is 19.2 Å². The maximum Gasteiger partial charge on any atom is 0.243 e. The number of benzene rings is 2. The highest BCUT2D eigenvalue weighted by Gasteiger charge is 2.31. The first-order chi connectivity index (χ1) is 12.9. The Morgan fingerprint density at radius 2 is 1.78 bits per heavy atom. The van der Waals surface area contributed by atoms with Crippen molar-refractivity contribution in [3.8, 4) is 0 Å². The Balaban J connectivity index is 1.56. The van der Waals surface area contributed by atoms with Gasteiger partial charge in [-0.1, -0.05) is 18.2 Å². The topological polar surface area (TPSA) is 42.3 Å². The molecule has 2 heterocycles. The molecule has 0 aliphatic carbocycles. The predicted octanol–water partition coefficient (Wildman–Crippen LogP) is 4.19. The minimum absolute atomic E-state index is 0.201. The molecule has 1 aliphatic rings. The number of rotatable bonds is 3. The first-order valence-corrected chi connectivity index (χ1v) is 10.6. The molecule has 1 saturated heterocycles. The van der Waals surface area contributed by atoms with Crippen molar-refractivity contribution in [3.05, 3.63) is 65.6 Å². The van der Waals surface area contributed by atoms with Gasteiger partial charge in [0.25, 0.3) is 0 Å². The lowest BCUT2D eigenvalue weighted by Gasteiger charge is -2.31. The van der Waals surface area contributed by atoms with Crippen LogP contribution in [0.1, 0.15) is 29.9 Å². The monoisotopic (exact) mass is 386 g/mol. The quantitative estimate of drug-likeness (QED) is 0.677. The zero-order chi connectivity index (χ0) is 19.2. The highest BCUT2D eigenvalue weighted by atomic mass is 32.2. The molecule has 0 unspecified atom stereocenters. The second-order valence-corrected chi connectivity index (χ2v) is 9.21. The molecule has 0 radical (unpaired) electrons. The molecule has 1 aliphatic heterocycles. The number of aryl methyl sites for hydroxylation is 2. The zero-order valence-corrected chi connectivity index (χ0v) is 16.3. The van der Waals surface area contributed by atoms with E-state index in [-0.39, 0.29) is 4.90 Å². The second-order valence-electron chi connectivity index (χ2n) is 7.30. The average molecular weight is 386 g/mol. The van der Waals surface area contributed by atoms with E-state index in [0.29, 0.717) is 24.6 Å². The number of sulfonamides is 1. The van der Waals surface area contributed by atoms with E-state index in [2.05, 4.69) is 22.9 Å². The molecule has 142 valence electrons. The van der Waals surface area contributed by atoms with Crippen LogP contribution in [0, 0.1) is 12.7 Å². The van der Waals surface area contributed by atoms with Crippen molar-refractivity contribution in [1.29, 1.82) is 0 Å². The minimum Gasteiger partial charge on any atom is -0.350 e. The largest absolute Gasteiger partial charge is 0.350 e. The fourth-order valence-electron chi connectivity index (χ4n) is 4.15. The Bertz CT molecular complexity index is 1100. The summed E-state index contributed by atoms with van der Waals surface area (Å²) < 4.78 is 43.0. The van der Waals surface area contributed by atoms with E-state index in [4.69, 9.17) is 0 Å². The minimum atomic E-state index is -3.59. The van der Waals surface area contributed by atoms with Gasteiger partial charge in [0.2, 0.25) is 10.0 Å². The molecule has 0 bridgehead atoms. The summed E-state index contributed by atoms with van der Waals surface area (Å²) in [7, 11) is -1.55. The van der Waals surface area contributed by atoms with E-state index in [9.17, 15) is 12.8 Å². The summed E-state index contributed by atoms with van der Waals surface area (Å²) in [6, 6.07) is 12.2. The van der Waals surface area contributed by atoms with Crippen LogP contribution in [-0.4, -0.2) is 30.4 Å². The Kier molecular flexibility index (Phi) is 4.56. The molecule has 0 atom stereocenters. The Labute approximate surface area is 159 Å². The van der Waals surface area contributed by atoms with Crippen LogP contribution in [0.25, 0.3) is 10.9 Å². The van der Waals surface area contributed by atoms with Crippen LogP contribution >= 0.6 is 0 Å². The van der Waals surface area contributed by atoms with Gasteiger partial charge >= 0.3 is 0 Å². The van der Waals surface area contributed by atoms with Crippen molar-refractivity contribution in [3.63, 3.8) is 0 Å². The molecule has 0 N–H and O–H groups in total. The summed E-state index contributed by atoms with van der Waals surface area (Å²) in [5.41, 5.74) is 2.94. The molecular formula is C21H23FN2O2S. The van der Waals surface area contributed by atoms with Crippen LogP contribution in [0.2, 0.25) is 0 Å². The third-order valence-corrected chi connectivity index (χ3v) is 7.64. The Hall–Kier alpha value is -2.18. The van der Waals surface area contributed by atoms with E-state index in [0.717, 1.165) is 12.8 Å². The van der Waals surface area contributed by atoms with E-state index in [1.54, 1.807) is 6.92 Å². The van der Waals surface area contributed by atoms with Crippen LogP contribution < -0.4 is 0 Å². The number of aromatic nitrogens is 1. The van der Waals surface area contributed by atoms with Gasteiger partial charge in [-0.3, -0.25) is 0 Å². The molecule has 6 heteroatoms. The molecule has 4 rings (SSSR count). The standard InChI is InChI=1S/C21H23FN2O2S/c1-15-13-17(22)7-8-21(15)27(25,26)24-11-9-16(10-12-24)19-14-23(2)20-6-4-3-5-18(19)20/h3-8,13-14,16H,9-12H2,1-2H3. The molecule has 1 aromatic heterocycles. The van der Waals surface area contributed by atoms with Gasteiger partial charge in [-0.2, -0.15) is 4.31 Å². The molecule has 2 aromatic carbocycles. The van der Waals surface area contributed by atoms with Crippen LogP contribution in [0.15, 0.2) is 53.6 Å². The lowest BCUT2D eigenvalue weighted by Crippen LogP contribution is -2.38. The highest BCUT2D eigenvalue weighted by molar-refractivity contribution is 7.89. The fraction of sp³-hybridized carbons (Fsp3) is 0.333. The van der Waals surface area contributed by atoms with Gasteiger partial charge in [0.1, 0.15) is 5.82 Å². The third kappa shape index (κ3) is 3.17. The Morgan fingerprint density at radius 3 is 2.48 bits per heavy atom. The van der Waals surface area contributed by atoms with Gasteiger partial charge in [0.15, 0.2) is 0 Å². The fourth-order valence-corrected chi connectivity index (χ4v) is 5.82. The number of hydrogen-bond donors (Lipinski definition) is 0. The first-order valence-electron chi connectivity index (χ1n) is 9.18. The van der Waals surface area contributed by atoms with E-state index in [1.165, 1.54) is 39.0 Å². The van der Waals surface area contributed by atoms with Crippen LogP contribution in [-0.2, 0) is 17.1 Å². The second kappa shape index (κ2) is 6.77. The smallest absolute Gasteiger partial charge is 0.243 e. The van der Waals surface area contributed by atoms with Gasteiger partial charge in [0.05, 0.1) is 4.90 Å². The summed E-state index contributed by atoms with van der Waals surface area (Å²) in [4.78, 5) is 0.201. The number of piperidine rings is 1. The molecule has 0 amide bonds. The SMILES string of the molecule is Cc1cc(F)ccc1S(=O)(=O)N1CCC(c2cn(C)c3ccccc23)CC1. The number of fused-ring (bicyclic) bond motifs is 1.